The van der Waals surface area contributed by atoms with Gasteiger partial charge in [-0.2, -0.15) is 11.8 Å². The zero-order chi connectivity index (χ0) is 6.91. The Bertz CT molecular complexity index is 91.1. The highest BCUT2D eigenvalue weighted by molar-refractivity contribution is 8.00. The van der Waals surface area contributed by atoms with Crippen LogP contribution in [0.15, 0.2) is 0 Å². The van der Waals surface area contributed by atoms with Crippen molar-refractivity contribution in [2.24, 2.45) is 0 Å². The highest BCUT2D eigenvalue weighted by atomic mass is 32.2. The Morgan fingerprint density at radius 3 is 2.56 bits per heavy atom. The van der Waals surface area contributed by atoms with Crippen molar-refractivity contribution in [3.8, 4) is 0 Å². The molecule has 0 unspecified atom stereocenters. The van der Waals surface area contributed by atoms with Crippen molar-refractivity contribution in [3.05, 3.63) is 0 Å². The van der Waals surface area contributed by atoms with E-state index >= 15 is 0 Å². The number of hydrogen-bond donors (Lipinski definition) is 1. The van der Waals surface area contributed by atoms with Crippen LogP contribution in [0.25, 0.3) is 0 Å². The smallest absolute Gasteiger partial charge is 0.0216 e. The molecule has 2 heteroatoms. The fourth-order valence-electron chi connectivity index (χ4n) is 0.881. The minimum Gasteiger partial charge on any atom is -0.310 e. The third-order valence-electron chi connectivity index (χ3n) is 1.60. The van der Waals surface area contributed by atoms with Crippen LogP contribution in [0.3, 0.4) is 0 Å². The molecule has 0 aliphatic carbocycles. The number of thioether (sulfide) groups is 1. The van der Waals surface area contributed by atoms with Crippen LogP contribution in [-0.2, 0) is 0 Å². The van der Waals surface area contributed by atoms with Crippen LogP contribution in [-0.4, -0.2) is 23.1 Å². The first kappa shape index (κ1) is 7.42. The Balaban J connectivity index is 2.35. The molecule has 0 spiro atoms. The average molecular weight is 145 g/mol. The van der Waals surface area contributed by atoms with E-state index < -0.39 is 0 Å². The van der Waals surface area contributed by atoms with E-state index in [4.69, 9.17) is 0 Å². The van der Waals surface area contributed by atoms with Crippen LogP contribution in [0.2, 0.25) is 0 Å². The molecular weight excluding hydrogens is 130 g/mol. The van der Waals surface area contributed by atoms with Crippen molar-refractivity contribution in [2.75, 3.05) is 12.3 Å². The van der Waals surface area contributed by atoms with Crippen molar-refractivity contribution >= 4 is 11.8 Å². The lowest BCUT2D eigenvalue weighted by Crippen LogP contribution is -2.48. The van der Waals surface area contributed by atoms with Crippen molar-refractivity contribution in [2.45, 2.75) is 31.6 Å². The first-order valence-corrected chi connectivity index (χ1v) is 4.52. The normalized spacial score (nSPS) is 34.3. The molecule has 1 rings (SSSR count). The standard InChI is InChI=1S/C7H15NS/c1-6-4-8-7(2,3)5-9-6/h6,8H,4-5H2,1-3H3/t6-/m1/s1. The Kier molecular flexibility index (Phi) is 2.07. The average Bonchev–Trinajstić information content (AvgIpc) is 1.78. The summed E-state index contributed by atoms with van der Waals surface area (Å²) in [6.45, 7) is 7.95. The Hall–Kier alpha value is 0.310. The molecule has 1 heterocycles. The first-order chi connectivity index (χ1) is 4.10. The van der Waals surface area contributed by atoms with Gasteiger partial charge in [-0.3, -0.25) is 0 Å². The molecule has 0 radical (unpaired) electrons. The van der Waals surface area contributed by atoms with E-state index in [0.29, 0.717) is 5.54 Å². The van der Waals surface area contributed by atoms with Gasteiger partial charge in [0.05, 0.1) is 0 Å². The Morgan fingerprint density at radius 1 is 1.56 bits per heavy atom. The molecule has 0 bridgehead atoms. The van der Waals surface area contributed by atoms with Gasteiger partial charge in [0.15, 0.2) is 0 Å². The highest BCUT2D eigenvalue weighted by Crippen LogP contribution is 2.21. The van der Waals surface area contributed by atoms with Gasteiger partial charge in [0.2, 0.25) is 0 Å². The van der Waals surface area contributed by atoms with Gasteiger partial charge in [0, 0.05) is 23.1 Å². The van der Waals surface area contributed by atoms with E-state index in [2.05, 4.69) is 37.8 Å². The maximum atomic E-state index is 3.49. The second-order valence-corrected chi connectivity index (χ2v) is 4.81. The zero-order valence-electron chi connectivity index (χ0n) is 6.40. The summed E-state index contributed by atoms with van der Waals surface area (Å²) in [5, 5.41) is 4.29. The van der Waals surface area contributed by atoms with Gasteiger partial charge in [-0.05, 0) is 13.8 Å². The highest BCUT2D eigenvalue weighted by Gasteiger charge is 2.23. The molecule has 1 nitrogen and oxygen atoms in total. The van der Waals surface area contributed by atoms with E-state index in [0.717, 1.165) is 11.8 Å². The summed E-state index contributed by atoms with van der Waals surface area (Å²) in [7, 11) is 0. The van der Waals surface area contributed by atoms with E-state index in [1.807, 2.05) is 0 Å². The van der Waals surface area contributed by atoms with Gasteiger partial charge >= 0.3 is 0 Å². The maximum Gasteiger partial charge on any atom is 0.0216 e. The summed E-state index contributed by atoms with van der Waals surface area (Å²) < 4.78 is 0. The molecule has 1 N–H and O–H groups in total. The second kappa shape index (κ2) is 2.51. The largest absolute Gasteiger partial charge is 0.310 e. The predicted molar refractivity (Wildman–Crippen MR) is 44.0 cm³/mol. The number of rotatable bonds is 0. The molecule has 54 valence electrons. The van der Waals surface area contributed by atoms with Crippen LogP contribution in [0.5, 0.6) is 0 Å². The molecule has 1 aliphatic heterocycles. The lowest BCUT2D eigenvalue weighted by molar-refractivity contribution is 0.423. The Morgan fingerprint density at radius 2 is 2.22 bits per heavy atom. The minimum absolute atomic E-state index is 0.372. The third kappa shape index (κ3) is 2.18. The number of hydrogen-bond acceptors (Lipinski definition) is 2. The molecule has 1 atom stereocenters. The molecule has 0 amide bonds. The van der Waals surface area contributed by atoms with Crippen molar-refractivity contribution in [1.29, 1.82) is 0 Å². The van der Waals surface area contributed by atoms with E-state index in [9.17, 15) is 0 Å². The molecule has 1 saturated heterocycles. The monoisotopic (exact) mass is 145 g/mol. The van der Waals surface area contributed by atoms with Crippen molar-refractivity contribution < 1.29 is 0 Å². The van der Waals surface area contributed by atoms with E-state index in [1.54, 1.807) is 0 Å². The van der Waals surface area contributed by atoms with Crippen LogP contribution < -0.4 is 5.32 Å². The van der Waals surface area contributed by atoms with Crippen LogP contribution in [0.4, 0.5) is 0 Å². The summed E-state index contributed by atoms with van der Waals surface area (Å²) in [6.07, 6.45) is 0. The van der Waals surface area contributed by atoms with Gasteiger partial charge in [0.25, 0.3) is 0 Å². The van der Waals surface area contributed by atoms with Gasteiger partial charge in [0.1, 0.15) is 0 Å². The topological polar surface area (TPSA) is 12.0 Å². The summed E-state index contributed by atoms with van der Waals surface area (Å²) in [6, 6.07) is 0. The molecule has 0 aromatic heterocycles. The zero-order valence-corrected chi connectivity index (χ0v) is 7.22. The van der Waals surface area contributed by atoms with E-state index in [-0.39, 0.29) is 0 Å². The Labute approximate surface area is 61.6 Å². The van der Waals surface area contributed by atoms with Crippen molar-refractivity contribution in [3.63, 3.8) is 0 Å². The minimum atomic E-state index is 0.372. The van der Waals surface area contributed by atoms with Crippen LogP contribution >= 0.6 is 11.8 Å². The SMILES string of the molecule is C[C@@H]1CNC(C)(C)CS1. The van der Waals surface area contributed by atoms with Crippen LogP contribution in [0, 0.1) is 0 Å². The molecule has 1 fully saturated rings. The lowest BCUT2D eigenvalue weighted by atomic mass is 10.1. The number of nitrogens with one attached hydrogen (secondary N) is 1. The van der Waals surface area contributed by atoms with E-state index in [1.165, 1.54) is 5.75 Å². The summed E-state index contributed by atoms with van der Waals surface area (Å²) in [4.78, 5) is 0. The molecule has 0 aromatic carbocycles. The van der Waals surface area contributed by atoms with Crippen molar-refractivity contribution in [1.82, 2.24) is 5.32 Å². The maximum absolute atomic E-state index is 3.49. The fraction of sp³-hybridized carbons (Fsp3) is 1.00. The fourth-order valence-corrected chi connectivity index (χ4v) is 1.89. The van der Waals surface area contributed by atoms with Gasteiger partial charge in [-0.1, -0.05) is 6.92 Å². The summed E-state index contributed by atoms with van der Waals surface area (Å²) in [5.74, 6) is 1.24. The van der Waals surface area contributed by atoms with Gasteiger partial charge in [-0.25, -0.2) is 0 Å². The predicted octanol–water partition coefficient (Wildman–Crippen LogP) is 1.49. The summed E-state index contributed by atoms with van der Waals surface area (Å²) >= 11 is 2.06. The third-order valence-corrected chi connectivity index (χ3v) is 3.22. The quantitative estimate of drug-likeness (QED) is 0.554. The molecule has 9 heavy (non-hydrogen) atoms. The lowest BCUT2D eigenvalue weighted by Gasteiger charge is -2.33. The molecule has 0 saturated carbocycles. The second-order valence-electron chi connectivity index (χ2n) is 3.39. The van der Waals surface area contributed by atoms with Gasteiger partial charge < -0.3 is 5.32 Å². The van der Waals surface area contributed by atoms with Crippen LogP contribution in [0.1, 0.15) is 20.8 Å². The molecular formula is C7H15NS. The molecule has 0 aromatic rings. The summed E-state index contributed by atoms with van der Waals surface area (Å²) in [5.41, 5.74) is 0.372. The first-order valence-electron chi connectivity index (χ1n) is 3.47. The van der Waals surface area contributed by atoms with Gasteiger partial charge in [-0.15, -0.1) is 0 Å². The molecule has 1 aliphatic rings.